The number of carbonyl (C=O) groups is 1. The van der Waals surface area contributed by atoms with Crippen molar-refractivity contribution in [2.24, 2.45) is 0 Å². The quantitative estimate of drug-likeness (QED) is 0.682. The number of pyridine rings is 1. The molecule has 2 N–H and O–H groups in total. The number of carbonyl (C=O) groups excluding carboxylic acids is 1. The third-order valence-electron chi connectivity index (χ3n) is 3.78. The number of nitrogens with zero attached hydrogens (tertiary/aromatic N) is 1. The zero-order chi connectivity index (χ0) is 19.2. The highest BCUT2D eigenvalue weighted by Crippen LogP contribution is 2.30. The number of anilines is 3. The van der Waals surface area contributed by atoms with E-state index in [4.69, 9.17) is 9.47 Å². The monoisotopic (exact) mass is 367 g/mol. The summed E-state index contributed by atoms with van der Waals surface area (Å²) in [5.41, 5.74) is 1.65. The van der Waals surface area contributed by atoms with E-state index in [9.17, 15) is 9.18 Å². The van der Waals surface area contributed by atoms with Gasteiger partial charge in [0.2, 0.25) is 0 Å². The second-order valence-corrected chi connectivity index (χ2v) is 5.59. The predicted octanol–water partition coefficient (Wildman–Crippen LogP) is 4.23. The van der Waals surface area contributed by atoms with E-state index in [1.54, 1.807) is 38.5 Å². The molecular weight excluding hydrogens is 349 g/mol. The molecule has 138 valence electrons. The Morgan fingerprint density at radius 3 is 2.33 bits per heavy atom. The van der Waals surface area contributed by atoms with Crippen molar-refractivity contribution in [1.29, 1.82) is 0 Å². The lowest BCUT2D eigenvalue weighted by molar-refractivity contribution is 0.102. The van der Waals surface area contributed by atoms with Crippen molar-refractivity contribution in [2.75, 3.05) is 24.9 Å². The highest BCUT2D eigenvalue weighted by Gasteiger charge is 2.09. The zero-order valence-electron chi connectivity index (χ0n) is 14.8. The summed E-state index contributed by atoms with van der Waals surface area (Å²) in [5.74, 6) is 1.00. The van der Waals surface area contributed by atoms with Gasteiger partial charge in [0.1, 0.15) is 11.6 Å². The van der Waals surface area contributed by atoms with E-state index < -0.39 is 0 Å². The van der Waals surface area contributed by atoms with Gasteiger partial charge in [0.25, 0.3) is 5.91 Å². The summed E-state index contributed by atoms with van der Waals surface area (Å²) in [6, 6.07) is 14.1. The molecule has 1 aromatic heterocycles. The first kappa shape index (κ1) is 18.2. The molecule has 0 saturated carbocycles. The van der Waals surface area contributed by atoms with Crippen LogP contribution in [0.15, 0.2) is 60.8 Å². The van der Waals surface area contributed by atoms with E-state index in [-0.39, 0.29) is 11.7 Å². The molecular formula is C20H18FN3O3. The van der Waals surface area contributed by atoms with E-state index in [0.29, 0.717) is 28.6 Å². The molecule has 0 aliphatic heterocycles. The van der Waals surface area contributed by atoms with Crippen molar-refractivity contribution < 1.29 is 18.7 Å². The minimum Gasteiger partial charge on any atom is -0.493 e. The maximum atomic E-state index is 13.0. The number of nitrogens with one attached hydrogen (secondary N) is 2. The lowest BCUT2D eigenvalue weighted by Crippen LogP contribution is -2.12. The smallest absolute Gasteiger partial charge is 0.255 e. The van der Waals surface area contributed by atoms with Gasteiger partial charge in [0, 0.05) is 29.2 Å². The average molecular weight is 367 g/mol. The molecule has 0 saturated heterocycles. The number of aromatic nitrogens is 1. The molecule has 3 aromatic rings. The van der Waals surface area contributed by atoms with Gasteiger partial charge in [-0.25, -0.2) is 9.37 Å². The van der Waals surface area contributed by atoms with Crippen molar-refractivity contribution in [3.63, 3.8) is 0 Å². The maximum Gasteiger partial charge on any atom is 0.255 e. The Bertz CT molecular complexity index is 945. The summed E-state index contributed by atoms with van der Waals surface area (Å²) < 4.78 is 23.4. The molecule has 27 heavy (non-hydrogen) atoms. The summed E-state index contributed by atoms with van der Waals surface area (Å²) in [6.07, 6.45) is 1.53. The molecule has 0 unspecified atom stereocenters. The minimum absolute atomic E-state index is 0.320. The van der Waals surface area contributed by atoms with E-state index in [1.165, 1.54) is 30.5 Å². The predicted molar refractivity (Wildman–Crippen MR) is 101 cm³/mol. The Balaban J connectivity index is 1.75. The number of benzene rings is 2. The first-order chi connectivity index (χ1) is 13.1. The van der Waals surface area contributed by atoms with Crippen molar-refractivity contribution >= 4 is 23.1 Å². The molecule has 0 aliphatic carbocycles. The Morgan fingerprint density at radius 2 is 1.63 bits per heavy atom. The number of rotatable bonds is 6. The fourth-order valence-electron chi connectivity index (χ4n) is 2.44. The van der Waals surface area contributed by atoms with Gasteiger partial charge < -0.3 is 20.1 Å². The summed E-state index contributed by atoms with van der Waals surface area (Å²) in [5, 5.41) is 5.83. The van der Waals surface area contributed by atoms with Crippen molar-refractivity contribution in [2.45, 2.75) is 0 Å². The molecule has 3 rings (SSSR count). The molecule has 0 fully saturated rings. The Hall–Kier alpha value is -3.61. The van der Waals surface area contributed by atoms with Gasteiger partial charge in [-0.15, -0.1) is 0 Å². The summed E-state index contributed by atoms with van der Waals surface area (Å²) >= 11 is 0. The SMILES string of the molecule is COc1ccc(Nc2cc(C(=O)Nc3ccc(F)cc3)ccn2)cc1OC. The fourth-order valence-corrected chi connectivity index (χ4v) is 2.44. The van der Waals surface area contributed by atoms with Gasteiger partial charge in [-0.05, 0) is 48.5 Å². The van der Waals surface area contributed by atoms with E-state index in [2.05, 4.69) is 15.6 Å². The fraction of sp³-hybridized carbons (Fsp3) is 0.100. The van der Waals surface area contributed by atoms with E-state index in [0.717, 1.165) is 5.69 Å². The van der Waals surface area contributed by atoms with Crippen LogP contribution in [0.4, 0.5) is 21.6 Å². The number of methoxy groups -OCH3 is 2. The number of hydrogen-bond donors (Lipinski definition) is 2. The van der Waals surface area contributed by atoms with Crippen LogP contribution in [0.2, 0.25) is 0 Å². The normalized spacial score (nSPS) is 10.2. The molecule has 0 bridgehead atoms. The lowest BCUT2D eigenvalue weighted by Gasteiger charge is -2.11. The Kier molecular flexibility index (Phi) is 5.51. The Morgan fingerprint density at radius 1 is 0.926 bits per heavy atom. The van der Waals surface area contributed by atoms with Crippen LogP contribution in [-0.2, 0) is 0 Å². The third-order valence-corrected chi connectivity index (χ3v) is 3.78. The number of amides is 1. The number of hydrogen-bond acceptors (Lipinski definition) is 5. The largest absolute Gasteiger partial charge is 0.493 e. The summed E-state index contributed by atoms with van der Waals surface area (Å²) in [6.45, 7) is 0. The van der Waals surface area contributed by atoms with Crippen LogP contribution in [0.25, 0.3) is 0 Å². The second-order valence-electron chi connectivity index (χ2n) is 5.59. The van der Waals surface area contributed by atoms with Crippen LogP contribution in [0.1, 0.15) is 10.4 Å². The van der Waals surface area contributed by atoms with Crippen LogP contribution in [0.3, 0.4) is 0 Å². The van der Waals surface area contributed by atoms with Gasteiger partial charge in [-0.2, -0.15) is 0 Å². The second kappa shape index (κ2) is 8.18. The van der Waals surface area contributed by atoms with Crippen LogP contribution >= 0.6 is 0 Å². The van der Waals surface area contributed by atoms with Crippen LogP contribution in [-0.4, -0.2) is 25.1 Å². The first-order valence-electron chi connectivity index (χ1n) is 8.11. The zero-order valence-corrected chi connectivity index (χ0v) is 14.8. The lowest BCUT2D eigenvalue weighted by atomic mass is 10.2. The molecule has 0 spiro atoms. The molecule has 7 heteroatoms. The molecule has 6 nitrogen and oxygen atoms in total. The first-order valence-corrected chi connectivity index (χ1v) is 8.11. The van der Waals surface area contributed by atoms with Crippen molar-refractivity contribution in [3.05, 3.63) is 72.2 Å². The van der Waals surface area contributed by atoms with Crippen LogP contribution in [0, 0.1) is 5.82 Å². The highest BCUT2D eigenvalue weighted by atomic mass is 19.1. The minimum atomic E-state index is -0.363. The molecule has 2 aromatic carbocycles. The maximum absolute atomic E-state index is 13.0. The van der Waals surface area contributed by atoms with Gasteiger partial charge in [-0.3, -0.25) is 4.79 Å². The van der Waals surface area contributed by atoms with E-state index >= 15 is 0 Å². The van der Waals surface area contributed by atoms with Gasteiger partial charge >= 0.3 is 0 Å². The van der Waals surface area contributed by atoms with Crippen molar-refractivity contribution in [1.82, 2.24) is 4.98 Å². The summed E-state index contributed by atoms with van der Waals surface area (Å²) in [7, 11) is 3.12. The summed E-state index contributed by atoms with van der Waals surface area (Å²) in [4.78, 5) is 16.6. The molecule has 0 atom stereocenters. The highest BCUT2D eigenvalue weighted by molar-refractivity contribution is 6.04. The van der Waals surface area contributed by atoms with E-state index in [1.807, 2.05) is 6.07 Å². The molecule has 1 heterocycles. The van der Waals surface area contributed by atoms with Crippen LogP contribution < -0.4 is 20.1 Å². The average Bonchev–Trinajstić information content (AvgIpc) is 2.69. The number of ether oxygens (including phenoxy) is 2. The number of halogens is 1. The molecule has 1 amide bonds. The van der Waals surface area contributed by atoms with Crippen molar-refractivity contribution in [3.8, 4) is 11.5 Å². The molecule has 0 aliphatic rings. The Labute approximate surface area is 156 Å². The third kappa shape index (κ3) is 4.52. The van der Waals surface area contributed by atoms with Gasteiger partial charge in [0.15, 0.2) is 11.5 Å². The molecule has 0 radical (unpaired) electrons. The van der Waals surface area contributed by atoms with Gasteiger partial charge in [-0.1, -0.05) is 0 Å². The topological polar surface area (TPSA) is 72.5 Å². The van der Waals surface area contributed by atoms with Gasteiger partial charge in [0.05, 0.1) is 14.2 Å². The standard InChI is InChI=1S/C20H18FN3O3/c1-26-17-8-7-16(12-18(17)27-2)23-19-11-13(9-10-22-19)20(25)24-15-5-3-14(21)4-6-15/h3-12H,1-2H3,(H,22,23)(H,24,25). The van der Waals surface area contributed by atoms with Crippen LogP contribution in [0.5, 0.6) is 11.5 Å².